The molecule has 10 rings (SSSR count). The van der Waals surface area contributed by atoms with Crippen molar-refractivity contribution < 1.29 is 8.22 Å². The molecule has 0 aliphatic carbocycles. The van der Waals surface area contributed by atoms with E-state index in [0.717, 1.165) is 48.0 Å². The average Bonchev–Trinajstić information content (AvgIpc) is 3.82. The Morgan fingerprint density at radius 1 is 0.400 bits per heavy atom. The van der Waals surface area contributed by atoms with Crippen molar-refractivity contribution in [1.29, 1.82) is 0 Å². The van der Waals surface area contributed by atoms with Gasteiger partial charge in [-0.05, 0) is 40.4 Å². The molecule has 3 nitrogen and oxygen atoms in total. The van der Waals surface area contributed by atoms with E-state index in [0.29, 0.717) is 32.0 Å². The van der Waals surface area contributed by atoms with Crippen LogP contribution in [-0.4, -0.2) is 15.0 Å². The molecule has 0 aliphatic rings. The van der Waals surface area contributed by atoms with Gasteiger partial charge >= 0.3 is 0 Å². The van der Waals surface area contributed by atoms with Crippen molar-refractivity contribution >= 4 is 63.0 Å². The molecule has 50 heavy (non-hydrogen) atoms. The summed E-state index contributed by atoms with van der Waals surface area (Å²) in [4.78, 5) is 14.5. The second-order valence-electron chi connectivity index (χ2n) is 11.9. The van der Waals surface area contributed by atoms with Crippen molar-refractivity contribution in [3.05, 3.63) is 164 Å². The third kappa shape index (κ3) is 4.98. The van der Waals surface area contributed by atoms with Crippen LogP contribution in [0.2, 0.25) is 0 Å². The first-order valence-electron chi connectivity index (χ1n) is 19.1. The molecule has 10 aromatic rings. The van der Waals surface area contributed by atoms with Crippen LogP contribution >= 0.6 is 22.7 Å². The maximum atomic E-state index is 9.60. The Kier molecular flexibility index (Phi) is 5.54. The second-order valence-corrected chi connectivity index (χ2v) is 14.0. The van der Waals surface area contributed by atoms with Gasteiger partial charge < -0.3 is 0 Å². The van der Waals surface area contributed by atoms with Crippen molar-refractivity contribution in [3.8, 4) is 56.4 Å². The van der Waals surface area contributed by atoms with Crippen LogP contribution in [0, 0.1) is 0 Å². The fourth-order valence-electron chi connectivity index (χ4n) is 6.39. The summed E-state index contributed by atoms with van der Waals surface area (Å²) in [6.45, 7) is 0. The Labute approximate surface area is 305 Å². The van der Waals surface area contributed by atoms with Crippen LogP contribution in [0.3, 0.4) is 0 Å². The van der Waals surface area contributed by atoms with Gasteiger partial charge in [-0.3, -0.25) is 0 Å². The second kappa shape index (κ2) is 11.8. The maximum absolute atomic E-state index is 9.60. The van der Waals surface area contributed by atoms with Gasteiger partial charge in [0.25, 0.3) is 0 Å². The standard InChI is InChI=1S/C45H27N3S2/c1-3-10-28(11-4-1)29-18-20-31(21-19-29)44-46-43(30-12-5-2-6-13-30)47-45(48-44)33-23-25-37-38-16-9-15-34(42(38)50-41(37)27-33)32-22-24-36-35-14-7-8-17-39(35)49-40(36)26-32/h1-27H/i9D,15D,16D,23D,25D,27D. The van der Waals surface area contributed by atoms with Crippen LogP contribution in [-0.2, 0) is 0 Å². The van der Waals surface area contributed by atoms with E-state index in [2.05, 4.69) is 12.1 Å². The number of hydrogen-bond donors (Lipinski definition) is 0. The Morgan fingerprint density at radius 2 is 1.00 bits per heavy atom. The lowest BCUT2D eigenvalue weighted by Gasteiger charge is -2.09. The Morgan fingerprint density at radius 3 is 1.78 bits per heavy atom. The van der Waals surface area contributed by atoms with E-state index in [1.54, 1.807) is 11.3 Å². The normalized spacial score (nSPS) is 13.3. The van der Waals surface area contributed by atoms with E-state index in [-0.39, 0.29) is 53.0 Å². The Balaban J connectivity index is 1.19. The molecule has 0 radical (unpaired) electrons. The van der Waals surface area contributed by atoms with Crippen LogP contribution in [0.1, 0.15) is 8.22 Å². The molecule has 0 saturated carbocycles. The minimum atomic E-state index is -0.266. The van der Waals surface area contributed by atoms with Gasteiger partial charge in [-0.15, -0.1) is 22.7 Å². The molecule has 0 spiro atoms. The highest BCUT2D eigenvalue weighted by Gasteiger charge is 2.16. The number of hydrogen-bond acceptors (Lipinski definition) is 5. The molecule has 0 amide bonds. The van der Waals surface area contributed by atoms with E-state index >= 15 is 0 Å². The van der Waals surface area contributed by atoms with Crippen molar-refractivity contribution in [3.63, 3.8) is 0 Å². The van der Waals surface area contributed by atoms with Gasteiger partial charge in [0.2, 0.25) is 0 Å². The minimum Gasteiger partial charge on any atom is -0.208 e. The van der Waals surface area contributed by atoms with Crippen molar-refractivity contribution in [2.75, 3.05) is 0 Å². The minimum absolute atomic E-state index is 0.0545. The third-order valence-corrected chi connectivity index (χ3v) is 11.1. The zero-order valence-electron chi connectivity index (χ0n) is 32.3. The number of thiophene rings is 2. The van der Waals surface area contributed by atoms with E-state index in [4.69, 9.17) is 19.1 Å². The molecule has 0 bridgehead atoms. The van der Waals surface area contributed by atoms with Crippen molar-refractivity contribution in [2.24, 2.45) is 0 Å². The lowest BCUT2D eigenvalue weighted by atomic mass is 10.0. The highest BCUT2D eigenvalue weighted by Crippen LogP contribution is 2.43. The quantitative estimate of drug-likeness (QED) is 0.182. The summed E-state index contributed by atoms with van der Waals surface area (Å²) in [6.07, 6.45) is 0. The van der Waals surface area contributed by atoms with Crippen molar-refractivity contribution in [2.45, 2.75) is 0 Å². The molecular formula is C45H27N3S2. The van der Waals surface area contributed by atoms with Gasteiger partial charge in [0.1, 0.15) is 0 Å². The van der Waals surface area contributed by atoms with E-state index in [1.807, 2.05) is 115 Å². The zero-order chi connectivity index (χ0) is 38.2. The highest BCUT2D eigenvalue weighted by molar-refractivity contribution is 7.26. The van der Waals surface area contributed by atoms with Gasteiger partial charge in [-0.25, -0.2) is 15.0 Å². The molecule has 0 fully saturated rings. The van der Waals surface area contributed by atoms with E-state index < -0.39 is 0 Å². The van der Waals surface area contributed by atoms with E-state index in [9.17, 15) is 4.11 Å². The summed E-state index contributed by atoms with van der Waals surface area (Å²) in [7, 11) is 0. The summed E-state index contributed by atoms with van der Waals surface area (Å²) in [5, 5.41) is 2.80. The fourth-order valence-corrected chi connectivity index (χ4v) is 8.67. The summed E-state index contributed by atoms with van der Waals surface area (Å²) in [5.74, 6) is 0.817. The van der Waals surface area contributed by atoms with Gasteiger partial charge in [-0.1, -0.05) is 145 Å². The molecule has 3 aromatic heterocycles. The van der Waals surface area contributed by atoms with Gasteiger partial charge in [0.15, 0.2) is 17.5 Å². The maximum Gasteiger partial charge on any atom is 0.164 e. The van der Waals surface area contributed by atoms with Crippen LogP contribution in [0.4, 0.5) is 0 Å². The first-order chi connectivity index (χ1) is 27.3. The van der Waals surface area contributed by atoms with Gasteiger partial charge in [-0.2, -0.15) is 0 Å². The Hall–Kier alpha value is -6.01. The van der Waals surface area contributed by atoms with E-state index in [1.165, 1.54) is 11.3 Å². The predicted molar refractivity (Wildman–Crippen MR) is 213 cm³/mol. The van der Waals surface area contributed by atoms with Gasteiger partial charge in [0, 0.05) is 57.0 Å². The van der Waals surface area contributed by atoms with Crippen LogP contribution in [0.25, 0.3) is 96.8 Å². The molecule has 0 N–H and O–H groups in total. The molecule has 0 atom stereocenters. The molecule has 0 unspecified atom stereocenters. The summed E-state index contributed by atoms with van der Waals surface area (Å²) >= 11 is 2.86. The lowest BCUT2D eigenvalue weighted by Crippen LogP contribution is -2.00. The molecular weight excluding hydrogens is 647 g/mol. The van der Waals surface area contributed by atoms with Crippen LogP contribution in [0.5, 0.6) is 0 Å². The Bertz CT molecular complexity index is 3200. The smallest absolute Gasteiger partial charge is 0.164 e. The molecule has 3 heterocycles. The number of rotatable bonds is 5. The number of aromatic nitrogens is 3. The first kappa shape index (κ1) is 23.4. The van der Waals surface area contributed by atoms with Crippen LogP contribution in [0.15, 0.2) is 164 Å². The molecule has 0 aliphatic heterocycles. The monoisotopic (exact) mass is 679 g/mol. The number of nitrogens with zero attached hydrogens (tertiary/aromatic N) is 3. The number of fused-ring (bicyclic) bond motifs is 6. The van der Waals surface area contributed by atoms with Crippen molar-refractivity contribution in [1.82, 2.24) is 15.0 Å². The fraction of sp³-hybridized carbons (Fsp3) is 0. The van der Waals surface area contributed by atoms with Gasteiger partial charge in [0.05, 0.1) is 8.22 Å². The summed E-state index contributed by atoms with van der Waals surface area (Å²) in [5.41, 5.74) is 4.84. The third-order valence-electron chi connectivity index (χ3n) is 8.87. The zero-order valence-corrected chi connectivity index (χ0v) is 27.9. The SMILES string of the molecule is [2H]c1c([2H])c([2H])c2c(sc3c([2H])c(-c4nc(-c5ccccc5)nc(-c5ccc(-c6ccccc6)cc5)n4)c([2H])c([2H])c32)c1-c1ccc2c(c1)sc1ccccc12. The summed E-state index contributed by atoms with van der Waals surface area (Å²) in [6, 6.07) is 40.5. The summed E-state index contributed by atoms with van der Waals surface area (Å²) < 4.78 is 58.3. The molecule has 7 aromatic carbocycles. The predicted octanol–water partition coefficient (Wildman–Crippen LogP) is 12.9. The number of benzene rings is 7. The average molecular weight is 680 g/mol. The topological polar surface area (TPSA) is 38.7 Å². The largest absolute Gasteiger partial charge is 0.208 e. The lowest BCUT2D eigenvalue weighted by molar-refractivity contribution is 1.07. The van der Waals surface area contributed by atoms with Crippen LogP contribution < -0.4 is 0 Å². The molecule has 5 heteroatoms. The first-order valence-corrected chi connectivity index (χ1v) is 17.7. The molecule has 234 valence electrons. The molecule has 0 saturated heterocycles. The highest BCUT2D eigenvalue weighted by atomic mass is 32.1.